The molecule has 0 aromatic heterocycles. The van der Waals surface area contributed by atoms with Crippen LogP contribution in [-0.2, 0) is 0 Å². The molecule has 0 amide bonds. The van der Waals surface area contributed by atoms with Gasteiger partial charge in [0, 0.05) is 11.6 Å². The highest BCUT2D eigenvalue weighted by Gasteiger charge is 2.08. The summed E-state index contributed by atoms with van der Waals surface area (Å²) < 4.78 is 5.01. The van der Waals surface area contributed by atoms with Gasteiger partial charge in [-0.05, 0) is 19.9 Å². The van der Waals surface area contributed by atoms with Gasteiger partial charge in [0.2, 0.25) is 0 Å². The summed E-state index contributed by atoms with van der Waals surface area (Å²) in [5.74, 6) is 5.94. The molecule has 2 nitrogen and oxygen atoms in total. The van der Waals surface area contributed by atoms with E-state index in [1.165, 1.54) is 7.11 Å². The summed E-state index contributed by atoms with van der Waals surface area (Å²) in [4.78, 5) is 0. The van der Waals surface area contributed by atoms with Crippen LogP contribution in [0.3, 0.4) is 0 Å². The highest BCUT2D eigenvalue weighted by Crippen LogP contribution is 2.30. The molecule has 0 unspecified atom stereocenters. The molecule has 0 aliphatic heterocycles. The lowest BCUT2D eigenvalue weighted by molar-refractivity contribution is 0.143. The van der Waals surface area contributed by atoms with Crippen molar-refractivity contribution in [2.75, 3.05) is 7.11 Å². The third-order valence-electron chi connectivity index (χ3n) is 1.74. The van der Waals surface area contributed by atoms with Crippen molar-refractivity contribution in [3.63, 3.8) is 0 Å². The average molecular weight is 259 g/mol. The molecule has 0 atom stereocenters. The maximum absolute atomic E-state index is 9.47. The lowest BCUT2D eigenvalue weighted by atomic mass is 10.1. The van der Waals surface area contributed by atoms with E-state index in [0.717, 1.165) is 0 Å². The van der Waals surface area contributed by atoms with E-state index in [1.807, 2.05) is 0 Å². The fourth-order valence-corrected chi connectivity index (χ4v) is 1.44. The Hall–Kier alpha value is -0.880. The molecule has 0 aliphatic rings. The zero-order valence-corrected chi connectivity index (χ0v) is 10.8. The Kier molecular flexibility index (Phi) is 4.09. The molecule has 0 saturated heterocycles. The minimum atomic E-state index is -1.06. The number of halogens is 2. The number of hydrogen-bond donors (Lipinski definition) is 1. The van der Waals surface area contributed by atoms with Crippen LogP contribution in [0.1, 0.15) is 19.4 Å². The fraction of sp³-hybridized carbons (Fsp3) is 0.333. The number of hydrogen-bond acceptors (Lipinski definition) is 2. The molecule has 1 aromatic rings. The van der Waals surface area contributed by atoms with Crippen LogP contribution in [-0.4, -0.2) is 17.8 Å². The van der Waals surface area contributed by atoms with E-state index < -0.39 is 5.60 Å². The van der Waals surface area contributed by atoms with Gasteiger partial charge in [0.15, 0.2) is 0 Å². The molecule has 0 heterocycles. The summed E-state index contributed by atoms with van der Waals surface area (Å²) in [7, 11) is 1.51. The first-order valence-electron chi connectivity index (χ1n) is 4.62. The van der Waals surface area contributed by atoms with Crippen LogP contribution in [0.5, 0.6) is 5.75 Å². The van der Waals surface area contributed by atoms with Crippen LogP contribution in [0.4, 0.5) is 0 Å². The number of benzene rings is 1. The van der Waals surface area contributed by atoms with Gasteiger partial charge in [0.05, 0.1) is 17.2 Å². The largest absolute Gasteiger partial charge is 0.495 e. The smallest absolute Gasteiger partial charge is 0.139 e. The Bertz CT molecular complexity index is 451. The molecule has 0 bridgehead atoms. The van der Waals surface area contributed by atoms with Gasteiger partial charge in [-0.15, -0.1) is 0 Å². The molecule has 0 aliphatic carbocycles. The van der Waals surface area contributed by atoms with Gasteiger partial charge < -0.3 is 9.84 Å². The Morgan fingerprint density at radius 1 is 1.25 bits per heavy atom. The van der Waals surface area contributed by atoms with Crippen molar-refractivity contribution in [2.45, 2.75) is 19.4 Å². The van der Waals surface area contributed by atoms with E-state index in [-0.39, 0.29) is 0 Å². The average Bonchev–Trinajstić information content (AvgIpc) is 2.17. The molecule has 0 radical (unpaired) electrons. The Balaban J connectivity index is 3.16. The van der Waals surface area contributed by atoms with Crippen LogP contribution in [0, 0.1) is 11.8 Å². The Labute approximate surface area is 105 Å². The highest BCUT2D eigenvalue weighted by molar-refractivity contribution is 6.35. The first-order chi connectivity index (χ1) is 7.33. The minimum Gasteiger partial charge on any atom is -0.495 e. The number of rotatable bonds is 1. The van der Waals surface area contributed by atoms with Gasteiger partial charge in [-0.1, -0.05) is 35.0 Å². The standard InChI is InChI=1S/C12H12Cl2O2/c1-12(2,15)5-4-8-6-10(14)11(16-3)7-9(8)13/h6-7,15H,1-3H3. The second-order valence-electron chi connectivity index (χ2n) is 3.78. The van der Waals surface area contributed by atoms with Crippen LogP contribution >= 0.6 is 23.2 Å². The monoisotopic (exact) mass is 258 g/mol. The van der Waals surface area contributed by atoms with Gasteiger partial charge >= 0.3 is 0 Å². The summed E-state index contributed by atoms with van der Waals surface area (Å²) in [5, 5.41) is 10.3. The summed E-state index contributed by atoms with van der Waals surface area (Å²) in [6.45, 7) is 3.19. The second-order valence-corrected chi connectivity index (χ2v) is 4.59. The zero-order valence-electron chi connectivity index (χ0n) is 9.27. The predicted octanol–water partition coefficient (Wildman–Crippen LogP) is 3.12. The lowest BCUT2D eigenvalue weighted by Crippen LogP contribution is -2.14. The van der Waals surface area contributed by atoms with Crippen LogP contribution in [0.25, 0.3) is 0 Å². The molecule has 0 saturated carbocycles. The van der Waals surface area contributed by atoms with Gasteiger partial charge in [-0.2, -0.15) is 0 Å². The molecule has 0 fully saturated rings. The Morgan fingerprint density at radius 2 is 1.88 bits per heavy atom. The number of methoxy groups -OCH3 is 1. The minimum absolute atomic E-state index is 0.437. The molecule has 0 spiro atoms. The summed E-state index contributed by atoms with van der Waals surface area (Å²) >= 11 is 11.9. The summed E-state index contributed by atoms with van der Waals surface area (Å²) in [6.07, 6.45) is 0. The maximum Gasteiger partial charge on any atom is 0.139 e. The van der Waals surface area contributed by atoms with Crippen LogP contribution in [0.15, 0.2) is 12.1 Å². The molecular weight excluding hydrogens is 247 g/mol. The third-order valence-corrected chi connectivity index (χ3v) is 2.35. The normalized spacial score (nSPS) is 10.6. The zero-order chi connectivity index (χ0) is 12.3. The fourth-order valence-electron chi connectivity index (χ4n) is 1.00. The van der Waals surface area contributed by atoms with Gasteiger partial charge in [-0.3, -0.25) is 0 Å². The van der Waals surface area contributed by atoms with Gasteiger partial charge in [0.1, 0.15) is 11.4 Å². The van der Waals surface area contributed by atoms with Crippen molar-refractivity contribution in [2.24, 2.45) is 0 Å². The predicted molar refractivity (Wildman–Crippen MR) is 66.2 cm³/mol. The van der Waals surface area contributed by atoms with Gasteiger partial charge in [-0.25, -0.2) is 0 Å². The first-order valence-corrected chi connectivity index (χ1v) is 5.37. The summed E-state index contributed by atoms with van der Waals surface area (Å²) in [5.41, 5.74) is -0.495. The van der Waals surface area contributed by atoms with E-state index in [4.69, 9.17) is 27.9 Å². The van der Waals surface area contributed by atoms with Crippen LogP contribution in [0.2, 0.25) is 10.0 Å². The van der Waals surface area contributed by atoms with E-state index in [1.54, 1.807) is 26.0 Å². The Morgan fingerprint density at radius 3 is 2.38 bits per heavy atom. The van der Waals surface area contributed by atoms with Crippen LogP contribution < -0.4 is 4.74 Å². The van der Waals surface area contributed by atoms with E-state index in [9.17, 15) is 5.11 Å². The molecule has 4 heteroatoms. The third kappa shape index (κ3) is 3.61. The van der Waals surface area contributed by atoms with Crippen molar-refractivity contribution in [1.29, 1.82) is 0 Å². The van der Waals surface area contributed by atoms with E-state index >= 15 is 0 Å². The topological polar surface area (TPSA) is 29.5 Å². The van der Waals surface area contributed by atoms with Crippen molar-refractivity contribution in [3.05, 3.63) is 27.7 Å². The number of ether oxygens (including phenoxy) is 1. The highest BCUT2D eigenvalue weighted by atomic mass is 35.5. The van der Waals surface area contributed by atoms with Crippen molar-refractivity contribution < 1.29 is 9.84 Å². The first kappa shape index (κ1) is 13.2. The van der Waals surface area contributed by atoms with E-state index in [2.05, 4.69) is 11.8 Å². The molecule has 16 heavy (non-hydrogen) atoms. The summed E-state index contributed by atoms with van der Waals surface area (Å²) in [6, 6.07) is 3.21. The molecule has 1 rings (SSSR count). The van der Waals surface area contributed by atoms with Gasteiger partial charge in [0.25, 0.3) is 0 Å². The molecule has 1 aromatic carbocycles. The second kappa shape index (κ2) is 4.97. The van der Waals surface area contributed by atoms with Crippen molar-refractivity contribution >= 4 is 23.2 Å². The SMILES string of the molecule is COc1cc(Cl)c(C#CC(C)(C)O)cc1Cl. The van der Waals surface area contributed by atoms with E-state index in [0.29, 0.717) is 21.4 Å². The lowest BCUT2D eigenvalue weighted by Gasteiger charge is -2.07. The molecule has 86 valence electrons. The molecular formula is C12H12Cl2O2. The number of aliphatic hydroxyl groups is 1. The quantitative estimate of drug-likeness (QED) is 0.785. The maximum atomic E-state index is 9.47. The van der Waals surface area contributed by atoms with Crippen molar-refractivity contribution in [1.82, 2.24) is 0 Å². The van der Waals surface area contributed by atoms with Crippen molar-refractivity contribution in [3.8, 4) is 17.6 Å². The molecule has 1 N–H and O–H groups in total.